The Morgan fingerprint density at radius 1 is 1.42 bits per heavy atom. The topological polar surface area (TPSA) is 158 Å². The molecule has 0 aliphatic rings. The van der Waals surface area contributed by atoms with Crippen molar-refractivity contribution in [3.8, 4) is 0 Å². The number of guanidine groups is 1. The molecule has 0 aromatic heterocycles. The molecule has 0 aliphatic heterocycles. The Bertz CT molecular complexity index is 285. The molecule has 112 valence electrons. The maximum Gasteiger partial charge on any atom is 0.251 e. The predicted octanol–water partition coefficient (Wildman–Crippen LogP) is -1.14. The molecular formula is C10H25N7O2. The van der Waals surface area contributed by atoms with E-state index < -0.39 is 5.03 Å². The number of nitrogens with two attached hydrogens (primary N) is 3. The molecule has 9 heteroatoms. The van der Waals surface area contributed by atoms with Crippen molar-refractivity contribution in [3.05, 3.63) is 10.1 Å². The van der Waals surface area contributed by atoms with E-state index in [1.165, 1.54) is 0 Å². The maximum atomic E-state index is 10.0. The molecule has 0 aliphatic carbocycles. The van der Waals surface area contributed by atoms with Gasteiger partial charge in [0.1, 0.15) is 0 Å². The van der Waals surface area contributed by atoms with E-state index in [1.54, 1.807) is 5.43 Å². The van der Waals surface area contributed by atoms with Gasteiger partial charge in [-0.2, -0.15) is 0 Å². The van der Waals surface area contributed by atoms with E-state index in [9.17, 15) is 10.1 Å². The summed E-state index contributed by atoms with van der Waals surface area (Å²) in [6.07, 6.45) is 3.39. The molecule has 0 aromatic carbocycles. The summed E-state index contributed by atoms with van der Waals surface area (Å²) in [5.74, 6) is -0.193. The lowest BCUT2D eigenvalue weighted by atomic mass is 10.1. The number of hydrogen-bond acceptors (Lipinski definition) is 6. The van der Waals surface area contributed by atoms with Crippen molar-refractivity contribution in [2.24, 2.45) is 22.2 Å². The predicted molar refractivity (Wildman–Crippen MR) is 74.7 cm³/mol. The summed E-state index contributed by atoms with van der Waals surface area (Å²) in [7, 11) is 0. The molecule has 2 atom stereocenters. The zero-order chi connectivity index (χ0) is 14.7. The Balaban J connectivity index is 3.63. The molecule has 0 radical (unpaired) electrons. The van der Waals surface area contributed by atoms with Crippen LogP contribution in [0.25, 0.3) is 0 Å². The van der Waals surface area contributed by atoms with Crippen LogP contribution in [0.3, 0.4) is 0 Å². The number of rotatable bonds is 10. The highest BCUT2D eigenvalue weighted by Crippen LogP contribution is 1.95. The second kappa shape index (κ2) is 10.5. The van der Waals surface area contributed by atoms with Gasteiger partial charge in [-0.15, -0.1) is 0 Å². The Labute approximate surface area is 113 Å². The van der Waals surface area contributed by atoms with Crippen molar-refractivity contribution in [2.75, 3.05) is 13.1 Å². The summed E-state index contributed by atoms with van der Waals surface area (Å²) in [5.41, 5.74) is 18.7. The average molecular weight is 275 g/mol. The van der Waals surface area contributed by atoms with Crippen LogP contribution < -0.4 is 27.9 Å². The van der Waals surface area contributed by atoms with E-state index in [4.69, 9.17) is 17.2 Å². The number of hydrogen-bond donors (Lipinski definition) is 5. The van der Waals surface area contributed by atoms with Gasteiger partial charge < -0.3 is 22.5 Å². The van der Waals surface area contributed by atoms with Gasteiger partial charge in [-0.1, -0.05) is 18.8 Å². The Kier molecular flexibility index (Phi) is 9.67. The third-order valence-corrected chi connectivity index (χ3v) is 2.46. The largest absolute Gasteiger partial charge is 0.365 e. The standard InChI is InChI=1S/C10H25N7O2/c1-2-4-9(12)15-7-8(11)5-3-6-14-10(13)16-17(18)19/h8-9,15H,2-7,11-12H2,1H3,(H3,13,14,16). The first-order chi connectivity index (χ1) is 8.95. The monoisotopic (exact) mass is 275 g/mol. The molecule has 0 bridgehead atoms. The maximum absolute atomic E-state index is 10.0. The molecule has 0 rings (SSSR count). The van der Waals surface area contributed by atoms with Crippen LogP contribution in [-0.2, 0) is 0 Å². The van der Waals surface area contributed by atoms with Gasteiger partial charge in [0.15, 0.2) is 5.03 Å². The van der Waals surface area contributed by atoms with Gasteiger partial charge in [0.25, 0.3) is 5.96 Å². The molecule has 19 heavy (non-hydrogen) atoms. The Morgan fingerprint density at radius 3 is 2.68 bits per heavy atom. The van der Waals surface area contributed by atoms with Crippen molar-refractivity contribution in [1.29, 1.82) is 0 Å². The van der Waals surface area contributed by atoms with Crippen molar-refractivity contribution >= 4 is 5.96 Å². The third kappa shape index (κ3) is 11.4. The lowest BCUT2D eigenvalue weighted by Crippen LogP contribution is -2.44. The molecule has 0 heterocycles. The van der Waals surface area contributed by atoms with E-state index in [0.29, 0.717) is 19.5 Å². The Morgan fingerprint density at radius 2 is 2.11 bits per heavy atom. The quantitative estimate of drug-likeness (QED) is 0.0842. The van der Waals surface area contributed by atoms with Crippen LogP contribution in [0.4, 0.5) is 0 Å². The fourth-order valence-corrected chi connectivity index (χ4v) is 1.50. The van der Waals surface area contributed by atoms with E-state index in [1.807, 2.05) is 0 Å². The van der Waals surface area contributed by atoms with E-state index in [0.717, 1.165) is 19.3 Å². The second-order valence-electron chi connectivity index (χ2n) is 4.34. The number of hydrazine groups is 1. The second-order valence-corrected chi connectivity index (χ2v) is 4.34. The molecule has 9 nitrogen and oxygen atoms in total. The molecule has 0 saturated heterocycles. The van der Waals surface area contributed by atoms with E-state index in [-0.39, 0.29) is 18.2 Å². The van der Waals surface area contributed by atoms with Crippen LogP contribution in [0.2, 0.25) is 0 Å². The number of nitrogens with one attached hydrogen (secondary N) is 2. The van der Waals surface area contributed by atoms with E-state index >= 15 is 0 Å². The summed E-state index contributed by atoms with van der Waals surface area (Å²) in [6.45, 7) is 3.12. The highest BCUT2D eigenvalue weighted by Gasteiger charge is 2.05. The van der Waals surface area contributed by atoms with Gasteiger partial charge >= 0.3 is 0 Å². The Hall–Kier alpha value is -1.45. The molecule has 2 unspecified atom stereocenters. The van der Waals surface area contributed by atoms with Gasteiger partial charge in [0.2, 0.25) is 0 Å². The first-order valence-corrected chi connectivity index (χ1v) is 6.41. The lowest BCUT2D eigenvalue weighted by molar-refractivity contribution is -0.525. The van der Waals surface area contributed by atoms with Crippen LogP contribution in [0.1, 0.15) is 32.6 Å². The van der Waals surface area contributed by atoms with Gasteiger partial charge in [0.05, 0.1) is 6.17 Å². The van der Waals surface area contributed by atoms with Crippen molar-refractivity contribution < 1.29 is 5.03 Å². The van der Waals surface area contributed by atoms with Crippen molar-refractivity contribution in [3.63, 3.8) is 0 Å². The molecule has 0 fully saturated rings. The average Bonchev–Trinajstić information content (AvgIpc) is 2.31. The van der Waals surface area contributed by atoms with Gasteiger partial charge in [-0.05, 0) is 19.3 Å². The minimum absolute atomic E-state index is 0.0113. The molecule has 8 N–H and O–H groups in total. The fraction of sp³-hybridized carbons (Fsp3) is 0.900. The smallest absolute Gasteiger partial charge is 0.251 e. The lowest BCUT2D eigenvalue weighted by Gasteiger charge is -2.16. The number of nitro groups is 1. The number of nitrogens with zero attached hydrogens (tertiary/aromatic N) is 2. The van der Waals surface area contributed by atoms with Gasteiger partial charge in [-0.3, -0.25) is 0 Å². The molecular weight excluding hydrogens is 250 g/mol. The van der Waals surface area contributed by atoms with Crippen LogP contribution in [-0.4, -0.2) is 36.3 Å². The summed E-state index contributed by atoms with van der Waals surface area (Å²) in [6, 6.07) is -0.0113. The molecule has 0 amide bonds. The first-order valence-electron chi connectivity index (χ1n) is 6.41. The normalized spacial score (nSPS) is 15.0. The van der Waals surface area contributed by atoms with E-state index in [2.05, 4.69) is 17.2 Å². The van der Waals surface area contributed by atoms with Crippen molar-refractivity contribution in [1.82, 2.24) is 10.7 Å². The zero-order valence-electron chi connectivity index (χ0n) is 11.3. The SMILES string of the molecule is CCCC(N)NCC(N)CCCN=C(N)N[N+](=O)[O-]. The van der Waals surface area contributed by atoms with Crippen LogP contribution in [0.15, 0.2) is 4.99 Å². The molecule has 0 saturated carbocycles. The first kappa shape index (κ1) is 17.6. The fourth-order valence-electron chi connectivity index (χ4n) is 1.50. The minimum Gasteiger partial charge on any atom is -0.365 e. The van der Waals surface area contributed by atoms with Crippen molar-refractivity contribution in [2.45, 2.75) is 44.8 Å². The van der Waals surface area contributed by atoms with Crippen LogP contribution >= 0.6 is 0 Å². The summed E-state index contributed by atoms with van der Waals surface area (Å²) in [4.78, 5) is 13.8. The highest BCUT2D eigenvalue weighted by atomic mass is 16.7. The third-order valence-electron chi connectivity index (χ3n) is 2.46. The summed E-state index contributed by atoms with van der Waals surface area (Å²) >= 11 is 0. The molecule has 0 spiro atoms. The summed E-state index contributed by atoms with van der Waals surface area (Å²) < 4.78 is 0. The van der Waals surface area contributed by atoms with Crippen LogP contribution in [0, 0.1) is 10.1 Å². The highest BCUT2D eigenvalue weighted by molar-refractivity contribution is 5.76. The minimum atomic E-state index is -0.746. The zero-order valence-corrected chi connectivity index (χ0v) is 11.3. The number of aliphatic imine (C=N–C) groups is 1. The molecule has 0 aromatic rings. The van der Waals surface area contributed by atoms with Crippen LogP contribution in [0.5, 0.6) is 0 Å². The van der Waals surface area contributed by atoms with Gasteiger partial charge in [-0.25, -0.2) is 15.1 Å². The summed E-state index contributed by atoms with van der Waals surface area (Å²) in [5, 5.41) is 12.4. The van der Waals surface area contributed by atoms with Gasteiger partial charge in [0, 0.05) is 19.1 Å².